The van der Waals surface area contributed by atoms with Gasteiger partial charge >= 0.3 is 0 Å². The molecule has 2 aliphatic rings. The number of fused-ring (bicyclic) bond motifs is 2. The molecule has 0 bridgehead atoms. The number of hydrogen-bond donors (Lipinski definition) is 1. The zero-order chi connectivity index (χ0) is 20.8. The van der Waals surface area contributed by atoms with Crippen LogP contribution in [-0.2, 0) is 32.5 Å². The third-order valence-electron chi connectivity index (χ3n) is 5.48. The molecule has 1 N–H and O–H groups in total. The maximum Gasteiger partial charge on any atom is 0.266 e. The molecule has 29 heavy (non-hydrogen) atoms. The second-order valence-corrected chi connectivity index (χ2v) is 9.17. The first-order valence-electron chi connectivity index (χ1n) is 9.25. The number of carbonyl (C=O) groups excluding carboxylic acids is 2. The molecule has 1 unspecified atom stereocenters. The van der Waals surface area contributed by atoms with Gasteiger partial charge in [-0.2, -0.15) is 0 Å². The highest BCUT2D eigenvalue weighted by molar-refractivity contribution is 7.89. The van der Waals surface area contributed by atoms with Gasteiger partial charge in [0.25, 0.3) is 15.9 Å². The van der Waals surface area contributed by atoms with E-state index in [1.807, 2.05) is 0 Å². The molecule has 1 aliphatic carbocycles. The lowest BCUT2D eigenvalue weighted by molar-refractivity contribution is -0.132. The summed E-state index contributed by atoms with van der Waals surface area (Å²) in [5.41, 5.74) is 2.75. The highest BCUT2D eigenvalue weighted by Gasteiger charge is 2.45. The second-order valence-electron chi connectivity index (χ2n) is 7.24. The summed E-state index contributed by atoms with van der Waals surface area (Å²) in [5, 5.41) is 5.44. The maximum absolute atomic E-state index is 13.0. The molecule has 0 radical (unpaired) electrons. The normalized spacial score (nSPS) is 19.8. The Hall–Kier alpha value is -3.07. The van der Waals surface area contributed by atoms with Crippen molar-refractivity contribution in [2.45, 2.75) is 36.5 Å². The minimum absolute atomic E-state index is 0.0147. The van der Waals surface area contributed by atoms with Gasteiger partial charge in [-0.15, -0.1) is 4.91 Å². The largest absolute Gasteiger partial charge is 0.325 e. The number of nitrogens with zero attached hydrogens (tertiary/aromatic N) is 2. The Balaban J connectivity index is 1.77. The molecule has 4 rings (SSSR count). The van der Waals surface area contributed by atoms with Crippen LogP contribution in [0.2, 0.25) is 0 Å². The molecule has 2 aromatic rings. The molecular formula is C20H19N3O5S. The molecule has 2 aromatic carbocycles. The fourth-order valence-corrected chi connectivity index (χ4v) is 5.29. The molecule has 1 atom stereocenters. The van der Waals surface area contributed by atoms with E-state index in [-0.39, 0.29) is 16.1 Å². The van der Waals surface area contributed by atoms with Crippen molar-refractivity contribution in [3.05, 3.63) is 58.0 Å². The van der Waals surface area contributed by atoms with E-state index in [4.69, 9.17) is 0 Å². The highest BCUT2D eigenvalue weighted by atomic mass is 32.2. The van der Waals surface area contributed by atoms with Crippen LogP contribution in [0.3, 0.4) is 0 Å². The van der Waals surface area contributed by atoms with E-state index in [2.05, 4.69) is 10.5 Å². The third-order valence-corrected chi connectivity index (χ3v) is 7.29. The van der Waals surface area contributed by atoms with Crippen LogP contribution in [-0.4, -0.2) is 31.6 Å². The Bertz CT molecular complexity index is 1130. The maximum atomic E-state index is 13.0. The second kappa shape index (κ2) is 7.07. The summed E-state index contributed by atoms with van der Waals surface area (Å²) >= 11 is 0. The third kappa shape index (κ3) is 3.21. The summed E-state index contributed by atoms with van der Waals surface area (Å²) in [6.07, 6.45) is 3.54. The number of amides is 2. The van der Waals surface area contributed by atoms with Gasteiger partial charge in [0.05, 0.1) is 4.90 Å². The first-order chi connectivity index (χ1) is 13.8. The Kier molecular flexibility index (Phi) is 4.70. The number of nitrogens with one attached hydrogen (secondary N) is 1. The molecule has 0 saturated heterocycles. The Morgan fingerprint density at radius 2 is 1.72 bits per heavy atom. The fraction of sp³-hybridized carbons (Fsp3) is 0.300. The van der Waals surface area contributed by atoms with Crippen LogP contribution in [0.4, 0.5) is 11.4 Å². The van der Waals surface area contributed by atoms with Gasteiger partial charge < -0.3 is 5.32 Å². The molecule has 150 valence electrons. The quantitative estimate of drug-likeness (QED) is 0.614. The molecule has 1 aliphatic heterocycles. The number of nitroso groups, excluding NO2 is 1. The number of sulfonamides is 1. The average Bonchev–Trinajstić information content (AvgIpc) is 2.72. The lowest BCUT2D eigenvalue weighted by Crippen LogP contribution is -2.46. The SMILES string of the molecule is CN1C(=O)C(C(=O)Nc2ccc(N=O)cc2)c2cc3c(cc2S1(=O)=O)CCCC3. The van der Waals surface area contributed by atoms with Gasteiger partial charge in [0.15, 0.2) is 0 Å². The zero-order valence-electron chi connectivity index (χ0n) is 15.7. The van der Waals surface area contributed by atoms with Crippen molar-refractivity contribution < 1.29 is 18.0 Å². The molecular weight excluding hydrogens is 394 g/mol. The Morgan fingerprint density at radius 3 is 2.34 bits per heavy atom. The summed E-state index contributed by atoms with van der Waals surface area (Å²) in [7, 11) is -2.82. The van der Waals surface area contributed by atoms with Crippen LogP contribution in [0.25, 0.3) is 0 Å². The number of aryl methyl sites for hydroxylation is 2. The van der Waals surface area contributed by atoms with Crippen LogP contribution in [0.15, 0.2) is 46.5 Å². The summed E-state index contributed by atoms with van der Waals surface area (Å²) in [5.74, 6) is -2.69. The first-order valence-corrected chi connectivity index (χ1v) is 10.7. The average molecular weight is 413 g/mol. The number of carbonyl (C=O) groups is 2. The number of anilines is 1. The summed E-state index contributed by atoms with van der Waals surface area (Å²) < 4.78 is 26.3. The van der Waals surface area contributed by atoms with Crippen molar-refractivity contribution in [3.8, 4) is 0 Å². The Morgan fingerprint density at radius 1 is 1.10 bits per heavy atom. The van der Waals surface area contributed by atoms with Crippen LogP contribution in [0.1, 0.15) is 35.4 Å². The Labute approximate surface area is 167 Å². The van der Waals surface area contributed by atoms with Crippen molar-refractivity contribution in [2.24, 2.45) is 5.18 Å². The van der Waals surface area contributed by atoms with E-state index in [9.17, 15) is 22.9 Å². The number of hydrogen-bond acceptors (Lipinski definition) is 6. The van der Waals surface area contributed by atoms with Gasteiger partial charge in [-0.1, -0.05) is 6.07 Å². The van der Waals surface area contributed by atoms with Crippen molar-refractivity contribution >= 4 is 33.2 Å². The summed E-state index contributed by atoms with van der Waals surface area (Å²) in [6.45, 7) is 0. The van der Waals surface area contributed by atoms with Crippen LogP contribution in [0, 0.1) is 4.91 Å². The van der Waals surface area contributed by atoms with E-state index in [0.717, 1.165) is 36.8 Å². The van der Waals surface area contributed by atoms with E-state index in [1.54, 1.807) is 12.1 Å². The molecule has 1 heterocycles. The molecule has 2 amide bonds. The van der Waals surface area contributed by atoms with Gasteiger partial charge in [0, 0.05) is 12.7 Å². The lowest BCUT2D eigenvalue weighted by atomic mass is 9.86. The molecule has 0 spiro atoms. The summed E-state index contributed by atoms with van der Waals surface area (Å²) in [4.78, 5) is 36.4. The van der Waals surface area contributed by atoms with Crippen LogP contribution >= 0.6 is 0 Å². The summed E-state index contributed by atoms with van der Waals surface area (Å²) in [6, 6.07) is 9.19. The van der Waals surface area contributed by atoms with Crippen LogP contribution < -0.4 is 5.32 Å². The minimum Gasteiger partial charge on any atom is -0.325 e. The molecule has 0 fully saturated rings. The molecule has 9 heteroatoms. The smallest absolute Gasteiger partial charge is 0.266 e. The lowest BCUT2D eigenvalue weighted by Gasteiger charge is -2.32. The van der Waals surface area contributed by atoms with Gasteiger partial charge in [-0.25, -0.2) is 12.7 Å². The van der Waals surface area contributed by atoms with Crippen LogP contribution in [0.5, 0.6) is 0 Å². The molecule has 8 nitrogen and oxygen atoms in total. The van der Waals surface area contributed by atoms with Crippen molar-refractivity contribution in [3.63, 3.8) is 0 Å². The number of rotatable bonds is 3. The van der Waals surface area contributed by atoms with Gasteiger partial charge in [-0.05, 0) is 77.9 Å². The first kappa shape index (κ1) is 19.3. The standard InChI is InChI=1S/C20H19N3O5S/c1-23-20(25)18(19(24)21-14-6-8-15(22-26)9-7-14)16-10-12-4-2-3-5-13(12)11-17(16)29(23,27)28/h6-11,18H,2-5H2,1H3,(H,21,24). The highest BCUT2D eigenvalue weighted by Crippen LogP contribution is 2.38. The van der Waals surface area contributed by atoms with Gasteiger partial charge in [-0.3, -0.25) is 9.59 Å². The van der Waals surface area contributed by atoms with E-state index < -0.39 is 27.8 Å². The van der Waals surface area contributed by atoms with Crippen molar-refractivity contribution in [1.29, 1.82) is 0 Å². The van der Waals surface area contributed by atoms with Gasteiger partial charge in [0.1, 0.15) is 11.6 Å². The van der Waals surface area contributed by atoms with E-state index in [0.29, 0.717) is 9.99 Å². The predicted octanol–water partition coefficient (Wildman–Crippen LogP) is 2.85. The molecule has 0 aromatic heterocycles. The zero-order valence-corrected chi connectivity index (χ0v) is 16.5. The minimum atomic E-state index is -4.00. The number of benzene rings is 2. The van der Waals surface area contributed by atoms with Gasteiger partial charge in [0.2, 0.25) is 5.91 Å². The van der Waals surface area contributed by atoms with E-state index in [1.165, 1.54) is 31.3 Å². The topological polar surface area (TPSA) is 113 Å². The predicted molar refractivity (Wildman–Crippen MR) is 106 cm³/mol. The van der Waals surface area contributed by atoms with E-state index >= 15 is 0 Å². The van der Waals surface area contributed by atoms with Crippen molar-refractivity contribution in [2.75, 3.05) is 12.4 Å². The molecule has 0 saturated carbocycles. The number of likely N-dealkylation sites (N-methyl/N-ethyl adjacent to an activating group) is 1. The fourth-order valence-electron chi connectivity index (χ4n) is 3.89. The monoisotopic (exact) mass is 413 g/mol. The van der Waals surface area contributed by atoms with Crippen molar-refractivity contribution in [1.82, 2.24) is 4.31 Å².